The summed E-state index contributed by atoms with van der Waals surface area (Å²) in [7, 11) is 0. The molecule has 0 saturated carbocycles. The van der Waals surface area contributed by atoms with E-state index in [1.807, 2.05) is 18.2 Å². The second-order valence-corrected chi connectivity index (χ2v) is 5.47. The predicted octanol–water partition coefficient (Wildman–Crippen LogP) is 3.73. The van der Waals surface area contributed by atoms with E-state index in [-0.39, 0.29) is 17.4 Å². The fraction of sp³-hybridized carbons (Fsp3) is 0.0526. The smallest absolute Gasteiger partial charge is 0.255 e. The molecule has 5 nitrogen and oxygen atoms in total. The first-order valence-electron chi connectivity index (χ1n) is 7.43. The highest BCUT2D eigenvalue weighted by molar-refractivity contribution is 6.05. The molecule has 0 unspecified atom stereocenters. The molecule has 0 aliphatic rings. The highest BCUT2D eigenvalue weighted by Crippen LogP contribution is 2.21. The number of carbonyl (C=O) groups is 2. The number of hydrogen-bond acceptors (Lipinski definition) is 3. The monoisotopic (exact) mass is 320 g/mol. The standard InChI is InChI=1S/C19H16N2O3/c1-12(22)2-5-15-10-14-11-16(6-9-18(14)20-15)21-19(24)13-3-7-17(23)8-4-13/h2-11,20,23H,1H3,(H,21,24)/b5-2+. The van der Waals surface area contributed by atoms with Crippen molar-refractivity contribution in [3.8, 4) is 5.75 Å². The van der Waals surface area contributed by atoms with Crippen LogP contribution in [-0.4, -0.2) is 21.8 Å². The van der Waals surface area contributed by atoms with Gasteiger partial charge in [0.25, 0.3) is 5.91 Å². The molecule has 0 spiro atoms. The number of anilines is 1. The zero-order chi connectivity index (χ0) is 17.1. The molecule has 3 rings (SSSR count). The van der Waals surface area contributed by atoms with Crippen LogP contribution in [0.5, 0.6) is 5.75 Å². The average Bonchev–Trinajstić information content (AvgIpc) is 2.95. The van der Waals surface area contributed by atoms with Gasteiger partial charge in [0.1, 0.15) is 5.75 Å². The van der Waals surface area contributed by atoms with Crippen molar-refractivity contribution in [2.75, 3.05) is 5.32 Å². The number of allylic oxidation sites excluding steroid dienone is 1. The van der Waals surface area contributed by atoms with Gasteiger partial charge in [0.15, 0.2) is 5.78 Å². The number of rotatable bonds is 4. The Morgan fingerprint density at radius 1 is 1.08 bits per heavy atom. The summed E-state index contributed by atoms with van der Waals surface area (Å²) in [4.78, 5) is 26.4. The number of H-pyrrole nitrogens is 1. The topological polar surface area (TPSA) is 82.2 Å². The molecule has 0 fully saturated rings. The van der Waals surface area contributed by atoms with Gasteiger partial charge >= 0.3 is 0 Å². The molecule has 5 heteroatoms. The van der Waals surface area contributed by atoms with Gasteiger partial charge in [0, 0.05) is 27.8 Å². The second kappa shape index (κ2) is 6.42. The Kier molecular flexibility index (Phi) is 4.16. The van der Waals surface area contributed by atoms with E-state index in [0.717, 1.165) is 16.6 Å². The fourth-order valence-corrected chi connectivity index (χ4v) is 2.35. The van der Waals surface area contributed by atoms with Crippen molar-refractivity contribution in [1.82, 2.24) is 4.98 Å². The lowest BCUT2D eigenvalue weighted by atomic mass is 10.2. The molecule has 0 bridgehead atoms. The lowest BCUT2D eigenvalue weighted by Gasteiger charge is -2.05. The molecule has 0 atom stereocenters. The third-order valence-electron chi connectivity index (χ3n) is 3.53. The van der Waals surface area contributed by atoms with Crippen LogP contribution in [0.25, 0.3) is 17.0 Å². The fourth-order valence-electron chi connectivity index (χ4n) is 2.35. The third kappa shape index (κ3) is 3.52. The van der Waals surface area contributed by atoms with Gasteiger partial charge < -0.3 is 15.4 Å². The number of aromatic hydroxyl groups is 1. The molecular formula is C19H16N2O3. The van der Waals surface area contributed by atoms with Crippen LogP contribution < -0.4 is 5.32 Å². The summed E-state index contributed by atoms with van der Waals surface area (Å²) in [6.45, 7) is 1.50. The minimum atomic E-state index is -0.249. The summed E-state index contributed by atoms with van der Waals surface area (Å²) in [5.41, 5.74) is 2.87. The Balaban J connectivity index is 1.81. The zero-order valence-electron chi connectivity index (χ0n) is 13.0. The van der Waals surface area contributed by atoms with E-state index >= 15 is 0 Å². The molecule has 0 radical (unpaired) electrons. The average molecular weight is 320 g/mol. The summed E-state index contributed by atoms with van der Waals surface area (Å²) in [6, 6.07) is 13.5. The summed E-state index contributed by atoms with van der Waals surface area (Å²) in [6.07, 6.45) is 3.22. The maximum Gasteiger partial charge on any atom is 0.255 e. The minimum Gasteiger partial charge on any atom is -0.508 e. The molecule has 0 saturated heterocycles. The van der Waals surface area contributed by atoms with Crippen molar-refractivity contribution in [2.24, 2.45) is 0 Å². The summed E-state index contributed by atoms with van der Waals surface area (Å²) >= 11 is 0. The maximum atomic E-state index is 12.2. The quantitative estimate of drug-likeness (QED) is 0.641. The largest absolute Gasteiger partial charge is 0.508 e. The zero-order valence-corrected chi connectivity index (χ0v) is 13.0. The summed E-state index contributed by atoms with van der Waals surface area (Å²) in [5, 5.41) is 13.0. The van der Waals surface area contributed by atoms with Crippen molar-refractivity contribution >= 4 is 34.4 Å². The van der Waals surface area contributed by atoms with E-state index in [0.29, 0.717) is 11.3 Å². The molecule has 3 N–H and O–H groups in total. The molecule has 2 aromatic carbocycles. The molecule has 0 aliphatic heterocycles. The van der Waals surface area contributed by atoms with Crippen LogP contribution in [0.3, 0.4) is 0 Å². The Bertz CT molecular complexity index is 937. The van der Waals surface area contributed by atoms with Gasteiger partial charge in [-0.15, -0.1) is 0 Å². The normalized spacial score (nSPS) is 11.0. The first-order valence-corrected chi connectivity index (χ1v) is 7.43. The Morgan fingerprint density at radius 2 is 1.83 bits per heavy atom. The van der Waals surface area contributed by atoms with Crippen LogP contribution in [0.2, 0.25) is 0 Å². The van der Waals surface area contributed by atoms with Crippen LogP contribution in [0, 0.1) is 0 Å². The van der Waals surface area contributed by atoms with Gasteiger partial charge in [-0.1, -0.05) is 0 Å². The van der Waals surface area contributed by atoms with Crippen LogP contribution in [0.4, 0.5) is 5.69 Å². The number of benzene rings is 2. The number of amides is 1. The lowest BCUT2D eigenvalue weighted by Crippen LogP contribution is -2.11. The second-order valence-electron chi connectivity index (χ2n) is 5.47. The highest BCUT2D eigenvalue weighted by atomic mass is 16.3. The summed E-state index contributed by atoms with van der Waals surface area (Å²) < 4.78 is 0. The van der Waals surface area contributed by atoms with Gasteiger partial charge in [-0.3, -0.25) is 9.59 Å². The predicted molar refractivity (Wildman–Crippen MR) is 94.1 cm³/mol. The number of carbonyl (C=O) groups excluding carboxylic acids is 2. The summed E-state index contributed by atoms with van der Waals surface area (Å²) in [5.74, 6) is -0.150. The SMILES string of the molecule is CC(=O)/C=C/c1cc2cc(NC(=O)c3ccc(O)cc3)ccc2[nH]1. The van der Waals surface area contributed by atoms with Crippen LogP contribution in [0.15, 0.2) is 54.6 Å². The number of aromatic amines is 1. The van der Waals surface area contributed by atoms with Crippen molar-refractivity contribution < 1.29 is 14.7 Å². The van der Waals surface area contributed by atoms with Gasteiger partial charge in [-0.05, 0) is 67.6 Å². The van der Waals surface area contributed by atoms with E-state index in [2.05, 4.69) is 10.3 Å². The lowest BCUT2D eigenvalue weighted by molar-refractivity contribution is -0.112. The number of ketones is 1. The van der Waals surface area contributed by atoms with Gasteiger partial charge in [-0.25, -0.2) is 0 Å². The number of fused-ring (bicyclic) bond motifs is 1. The van der Waals surface area contributed by atoms with Crippen molar-refractivity contribution in [3.05, 3.63) is 65.9 Å². The first kappa shape index (κ1) is 15.6. The molecule has 3 aromatic rings. The molecule has 120 valence electrons. The first-order chi connectivity index (χ1) is 11.5. The Morgan fingerprint density at radius 3 is 2.54 bits per heavy atom. The minimum absolute atomic E-state index is 0.0180. The van der Waals surface area contributed by atoms with Crippen molar-refractivity contribution in [1.29, 1.82) is 0 Å². The Hall–Kier alpha value is -3.34. The van der Waals surface area contributed by atoms with Crippen molar-refractivity contribution in [2.45, 2.75) is 6.92 Å². The van der Waals surface area contributed by atoms with Crippen LogP contribution >= 0.6 is 0 Å². The van der Waals surface area contributed by atoms with Gasteiger partial charge in [0.05, 0.1) is 0 Å². The van der Waals surface area contributed by atoms with Gasteiger partial charge in [-0.2, -0.15) is 0 Å². The molecule has 1 heterocycles. The number of aromatic nitrogens is 1. The maximum absolute atomic E-state index is 12.2. The van der Waals surface area contributed by atoms with E-state index in [9.17, 15) is 14.7 Å². The van der Waals surface area contributed by atoms with Gasteiger partial charge in [0.2, 0.25) is 0 Å². The van der Waals surface area contributed by atoms with E-state index < -0.39 is 0 Å². The van der Waals surface area contributed by atoms with Crippen LogP contribution in [0.1, 0.15) is 23.0 Å². The molecular weight excluding hydrogens is 304 g/mol. The molecule has 0 aliphatic carbocycles. The number of nitrogens with one attached hydrogen (secondary N) is 2. The third-order valence-corrected chi connectivity index (χ3v) is 3.53. The van der Waals surface area contributed by atoms with Crippen LogP contribution in [-0.2, 0) is 4.79 Å². The molecule has 1 amide bonds. The highest BCUT2D eigenvalue weighted by Gasteiger charge is 2.07. The number of phenols is 1. The Labute approximate surface area is 138 Å². The van der Waals surface area contributed by atoms with E-state index in [4.69, 9.17) is 0 Å². The molecule has 1 aromatic heterocycles. The van der Waals surface area contributed by atoms with E-state index in [1.54, 1.807) is 24.3 Å². The van der Waals surface area contributed by atoms with Crippen molar-refractivity contribution in [3.63, 3.8) is 0 Å². The number of hydrogen-bond donors (Lipinski definition) is 3. The number of phenolic OH excluding ortho intramolecular Hbond substituents is 1. The van der Waals surface area contributed by atoms with E-state index in [1.165, 1.54) is 25.1 Å². The molecule has 24 heavy (non-hydrogen) atoms.